The van der Waals surface area contributed by atoms with Crippen LogP contribution in [0.15, 0.2) is 59.3 Å². The van der Waals surface area contributed by atoms with E-state index in [1.54, 1.807) is 6.20 Å². The van der Waals surface area contributed by atoms with Crippen molar-refractivity contribution in [1.82, 2.24) is 25.3 Å². The normalized spacial score (nSPS) is 15.3. The molecule has 0 aliphatic carbocycles. The zero-order valence-corrected chi connectivity index (χ0v) is 16.3. The lowest BCUT2D eigenvalue weighted by Crippen LogP contribution is -2.40. The van der Waals surface area contributed by atoms with Gasteiger partial charge >= 0.3 is 0 Å². The standard InChI is InChI=1S/C22H25N5O2/c28-22(24-13-9-19-8-4-5-12-23-19)18-10-14-27(15-11-18)16-20-25-21(26-29-20)17-6-2-1-3-7-17/h1-8,12,18H,9-11,13-16H2,(H,24,28). The summed E-state index contributed by atoms with van der Waals surface area (Å²) in [6.07, 6.45) is 4.22. The van der Waals surface area contributed by atoms with Crippen LogP contribution < -0.4 is 5.32 Å². The summed E-state index contributed by atoms with van der Waals surface area (Å²) >= 11 is 0. The highest BCUT2D eigenvalue weighted by Crippen LogP contribution is 2.20. The van der Waals surface area contributed by atoms with Gasteiger partial charge in [-0.2, -0.15) is 4.98 Å². The Kier molecular flexibility index (Phi) is 6.26. The van der Waals surface area contributed by atoms with Gasteiger partial charge in [-0.3, -0.25) is 14.7 Å². The highest BCUT2D eigenvalue weighted by atomic mass is 16.5. The fraction of sp³-hybridized carbons (Fsp3) is 0.364. The van der Waals surface area contributed by atoms with Gasteiger partial charge in [-0.05, 0) is 38.1 Å². The quantitative estimate of drug-likeness (QED) is 0.667. The summed E-state index contributed by atoms with van der Waals surface area (Å²) in [4.78, 5) is 23.5. The summed E-state index contributed by atoms with van der Waals surface area (Å²) < 4.78 is 5.40. The van der Waals surface area contributed by atoms with Gasteiger partial charge in [-0.1, -0.05) is 41.6 Å². The smallest absolute Gasteiger partial charge is 0.241 e. The Hall–Kier alpha value is -3.06. The molecular formula is C22H25N5O2. The number of hydrogen-bond acceptors (Lipinski definition) is 6. The van der Waals surface area contributed by atoms with Gasteiger partial charge in [-0.15, -0.1) is 0 Å². The van der Waals surface area contributed by atoms with Crippen LogP contribution in [0.1, 0.15) is 24.4 Å². The molecule has 0 spiro atoms. The molecule has 1 saturated heterocycles. The summed E-state index contributed by atoms with van der Waals surface area (Å²) in [7, 11) is 0. The molecular weight excluding hydrogens is 366 g/mol. The number of pyridine rings is 1. The van der Waals surface area contributed by atoms with Crippen LogP contribution in [0.5, 0.6) is 0 Å². The molecule has 150 valence electrons. The van der Waals surface area contributed by atoms with E-state index in [-0.39, 0.29) is 11.8 Å². The van der Waals surface area contributed by atoms with E-state index in [0.717, 1.165) is 43.6 Å². The summed E-state index contributed by atoms with van der Waals surface area (Å²) in [5.74, 6) is 1.44. The molecule has 2 aromatic heterocycles. The second-order valence-electron chi connectivity index (χ2n) is 7.29. The first-order valence-corrected chi connectivity index (χ1v) is 10.1. The zero-order valence-electron chi connectivity index (χ0n) is 16.3. The fourth-order valence-electron chi connectivity index (χ4n) is 3.57. The lowest BCUT2D eigenvalue weighted by molar-refractivity contribution is -0.126. The van der Waals surface area contributed by atoms with Crippen molar-refractivity contribution in [2.45, 2.75) is 25.8 Å². The molecule has 7 heteroatoms. The maximum Gasteiger partial charge on any atom is 0.241 e. The third-order valence-electron chi connectivity index (χ3n) is 5.22. The van der Waals surface area contributed by atoms with Crippen LogP contribution in [-0.2, 0) is 17.8 Å². The molecule has 1 aliphatic heterocycles. The minimum Gasteiger partial charge on any atom is -0.355 e. The topological polar surface area (TPSA) is 84.2 Å². The monoisotopic (exact) mass is 391 g/mol. The Balaban J connectivity index is 1.20. The van der Waals surface area contributed by atoms with Crippen molar-refractivity contribution >= 4 is 5.91 Å². The molecule has 0 atom stereocenters. The maximum absolute atomic E-state index is 12.4. The molecule has 29 heavy (non-hydrogen) atoms. The van der Waals surface area contributed by atoms with Gasteiger partial charge in [-0.25, -0.2) is 0 Å². The largest absolute Gasteiger partial charge is 0.355 e. The van der Waals surface area contributed by atoms with E-state index in [1.807, 2.05) is 48.5 Å². The van der Waals surface area contributed by atoms with Gasteiger partial charge in [0.15, 0.2) is 0 Å². The SMILES string of the molecule is O=C(NCCc1ccccn1)C1CCN(Cc2nc(-c3ccccc3)no2)CC1. The number of nitrogens with one attached hydrogen (secondary N) is 1. The lowest BCUT2D eigenvalue weighted by atomic mass is 9.96. The molecule has 1 N–H and O–H groups in total. The Morgan fingerprint density at radius 3 is 2.66 bits per heavy atom. The third-order valence-corrected chi connectivity index (χ3v) is 5.22. The Morgan fingerprint density at radius 1 is 1.10 bits per heavy atom. The van der Waals surface area contributed by atoms with Crippen LogP contribution in [0.3, 0.4) is 0 Å². The number of rotatable bonds is 7. The molecule has 7 nitrogen and oxygen atoms in total. The number of piperidine rings is 1. The number of hydrogen-bond donors (Lipinski definition) is 1. The fourth-order valence-corrected chi connectivity index (χ4v) is 3.57. The van der Waals surface area contributed by atoms with Crippen molar-refractivity contribution in [3.8, 4) is 11.4 Å². The van der Waals surface area contributed by atoms with E-state index in [2.05, 4.69) is 25.3 Å². The minimum absolute atomic E-state index is 0.0672. The molecule has 0 radical (unpaired) electrons. The summed E-state index contributed by atoms with van der Waals surface area (Å²) in [5, 5.41) is 7.12. The van der Waals surface area contributed by atoms with E-state index in [1.165, 1.54) is 0 Å². The van der Waals surface area contributed by atoms with Gasteiger partial charge in [0, 0.05) is 36.3 Å². The molecule has 0 bridgehead atoms. The minimum atomic E-state index is 0.0672. The Bertz CT molecular complexity index is 905. The van der Waals surface area contributed by atoms with Crippen LogP contribution in [0.2, 0.25) is 0 Å². The predicted octanol–water partition coefficient (Wildman–Crippen LogP) is 2.70. The first kappa shape index (κ1) is 19.3. The first-order chi connectivity index (χ1) is 14.3. The van der Waals surface area contributed by atoms with Gasteiger partial charge in [0.1, 0.15) is 0 Å². The van der Waals surface area contributed by atoms with Crippen molar-refractivity contribution in [1.29, 1.82) is 0 Å². The van der Waals surface area contributed by atoms with Gasteiger partial charge in [0.05, 0.1) is 6.54 Å². The summed E-state index contributed by atoms with van der Waals surface area (Å²) in [6, 6.07) is 15.6. The number of carbonyl (C=O) groups excluding carboxylic acids is 1. The van der Waals surface area contributed by atoms with E-state index in [4.69, 9.17) is 4.52 Å². The van der Waals surface area contributed by atoms with Crippen molar-refractivity contribution in [2.75, 3.05) is 19.6 Å². The summed E-state index contributed by atoms with van der Waals surface area (Å²) in [6.45, 7) is 2.94. The highest BCUT2D eigenvalue weighted by Gasteiger charge is 2.25. The van der Waals surface area contributed by atoms with Crippen LogP contribution >= 0.6 is 0 Å². The molecule has 4 rings (SSSR count). The zero-order chi connectivity index (χ0) is 19.9. The lowest BCUT2D eigenvalue weighted by Gasteiger charge is -2.30. The Labute approximate surface area is 170 Å². The number of benzene rings is 1. The maximum atomic E-state index is 12.4. The average Bonchev–Trinajstić information content (AvgIpc) is 3.24. The highest BCUT2D eigenvalue weighted by molar-refractivity contribution is 5.78. The molecule has 1 fully saturated rings. The molecule has 3 heterocycles. The van der Waals surface area contributed by atoms with E-state index >= 15 is 0 Å². The molecule has 1 aliphatic rings. The average molecular weight is 391 g/mol. The number of nitrogens with zero attached hydrogens (tertiary/aromatic N) is 4. The second kappa shape index (κ2) is 9.43. The van der Waals surface area contributed by atoms with Crippen LogP contribution in [-0.4, -0.2) is 45.6 Å². The number of amides is 1. The van der Waals surface area contributed by atoms with Crippen LogP contribution in [0, 0.1) is 5.92 Å². The first-order valence-electron chi connectivity index (χ1n) is 10.1. The van der Waals surface area contributed by atoms with Crippen molar-refractivity contribution in [3.63, 3.8) is 0 Å². The van der Waals surface area contributed by atoms with E-state index in [0.29, 0.717) is 24.8 Å². The molecule has 0 unspecified atom stereocenters. The van der Waals surface area contributed by atoms with Crippen LogP contribution in [0.25, 0.3) is 11.4 Å². The molecule has 1 amide bonds. The van der Waals surface area contributed by atoms with Gasteiger partial charge in [0.2, 0.25) is 17.6 Å². The molecule has 0 saturated carbocycles. The molecule has 1 aromatic carbocycles. The number of carbonyl (C=O) groups is 1. The number of likely N-dealkylation sites (tertiary alicyclic amines) is 1. The third kappa shape index (κ3) is 5.26. The van der Waals surface area contributed by atoms with Crippen molar-refractivity contribution < 1.29 is 9.32 Å². The molecule has 3 aromatic rings. The van der Waals surface area contributed by atoms with Gasteiger partial charge < -0.3 is 9.84 Å². The summed E-state index contributed by atoms with van der Waals surface area (Å²) in [5.41, 5.74) is 1.95. The second-order valence-corrected chi connectivity index (χ2v) is 7.29. The number of aromatic nitrogens is 3. The predicted molar refractivity (Wildman–Crippen MR) is 109 cm³/mol. The van der Waals surface area contributed by atoms with Crippen molar-refractivity contribution in [3.05, 3.63) is 66.3 Å². The van der Waals surface area contributed by atoms with Crippen LogP contribution in [0.4, 0.5) is 0 Å². The Morgan fingerprint density at radius 2 is 1.90 bits per heavy atom. The van der Waals surface area contributed by atoms with E-state index in [9.17, 15) is 4.79 Å². The van der Waals surface area contributed by atoms with E-state index < -0.39 is 0 Å². The van der Waals surface area contributed by atoms with Crippen molar-refractivity contribution in [2.24, 2.45) is 5.92 Å². The van der Waals surface area contributed by atoms with Gasteiger partial charge in [0.25, 0.3) is 0 Å².